The summed E-state index contributed by atoms with van der Waals surface area (Å²) in [4.78, 5) is 17.9. The lowest BCUT2D eigenvalue weighted by Crippen LogP contribution is -2.51. The summed E-state index contributed by atoms with van der Waals surface area (Å²) < 4.78 is 33.9. The number of methoxy groups -OCH3 is 1. The van der Waals surface area contributed by atoms with Gasteiger partial charge in [-0.2, -0.15) is 4.31 Å². The molecule has 2 fully saturated rings. The lowest BCUT2D eigenvalue weighted by molar-refractivity contribution is -0.135. The van der Waals surface area contributed by atoms with Crippen molar-refractivity contribution < 1.29 is 17.9 Å². The molecule has 2 aliphatic heterocycles. The van der Waals surface area contributed by atoms with Crippen LogP contribution < -0.4 is 9.64 Å². The average Bonchev–Trinajstić information content (AvgIpc) is 3.53. The first-order valence-corrected chi connectivity index (χ1v) is 15.0. The Labute approximate surface area is 231 Å². The predicted octanol–water partition coefficient (Wildman–Crippen LogP) is 4.82. The number of halogens is 2. The van der Waals surface area contributed by atoms with Crippen LogP contribution in [0.15, 0.2) is 64.9 Å². The van der Waals surface area contributed by atoms with Crippen molar-refractivity contribution in [2.75, 3.05) is 51.3 Å². The highest BCUT2D eigenvalue weighted by Crippen LogP contribution is 2.40. The molecule has 0 N–H and O–H groups in total. The molecule has 0 spiro atoms. The minimum Gasteiger partial charge on any atom is -0.497 e. The lowest BCUT2D eigenvalue weighted by Gasteiger charge is -2.38. The standard InChI is InChI=1S/C26H27Cl2N3O4S2/c1-35-20-9-7-19(8-10-20)29-11-13-30(14-12-29)26(32)22-17-31(16-21(22)18-5-3-2-4-6-18)37(33,34)24-15-23(27)25(28)36-24/h2-10,15,21-22H,11-14,16-17H2,1H3. The van der Waals surface area contributed by atoms with Crippen LogP contribution >= 0.6 is 34.5 Å². The summed E-state index contributed by atoms with van der Waals surface area (Å²) in [5, 5.41) is 0.214. The van der Waals surface area contributed by atoms with Crippen LogP contribution in [0.5, 0.6) is 5.75 Å². The number of thiophene rings is 1. The molecule has 2 saturated heterocycles. The summed E-state index contributed by atoms with van der Waals surface area (Å²) in [6.45, 7) is 2.90. The van der Waals surface area contributed by atoms with Crippen LogP contribution in [0.1, 0.15) is 11.5 Å². The molecule has 0 saturated carbocycles. The third-order valence-electron chi connectivity index (χ3n) is 7.08. The van der Waals surface area contributed by atoms with E-state index >= 15 is 0 Å². The quantitative estimate of drug-likeness (QED) is 0.419. The zero-order valence-corrected chi connectivity index (χ0v) is 23.4. The van der Waals surface area contributed by atoms with Gasteiger partial charge in [-0.15, -0.1) is 11.3 Å². The van der Waals surface area contributed by atoms with E-state index in [0.717, 1.165) is 28.3 Å². The molecule has 5 rings (SSSR count). The Morgan fingerprint density at radius 1 is 0.973 bits per heavy atom. The van der Waals surface area contributed by atoms with Crippen molar-refractivity contribution in [2.24, 2.45) is 5.92 Å². The highest BCUT2D eigenvalue weighted by atomic mass is 35.5. The van der Waals surface area contributed by atoms with E-state index in [1.54, 1.807) is 7.11 Å². The van der Waals surface area contributed by atoms with Crippen molar-refractivity contribution in [3.63, 3.8) is 0 Å². The van der Waals surface area contributed by atoms with E-state index in [1.807, 2.05) is 59.5 Å². The maximum Gasteiger partial charge on any atom is 0.252 e. The molecule has 0 aliphatic carbocycles. The second-order valence-corrected chi connectivity index (χ2v) is 13.4. The third kappa shape index (κ3) is 5.33. The van der Waals surface area contributed by atoms with E-state index in [4.69, 9.17) is 27.9 Å². The van der Waals surface area contributed by atoms with Gasteiger partial charge in [-0.1, -0.05) is 53.5 Å². The number of hydrogen-bond acceptors (Lipinski definition) is 6. The van der Waals surface area contributed by atoms with Gasteiger partial charge in [0.15, 0.2) is 0 Å². The maximum absolute atomic E-state index is 13.8. The van der Waals surface area contributed by atoms with E-state index in [2.05, 4.69) is 4.90 Å². The maximum atomic E-state index is 13.8. The second kappa shape index (κ2) is 10.8. The van der Waals surface area contributed by atoms with Gasteiger partial charge in [0, 0.05) is 50.9 Å². The number of piperazine rings is 1. The van der Waals surface area contributed by atoms with E-state index in [-0.39, 0.29) is 38.5 Å². The largest absolute Gasteiger partial charge is 0.497 e. The van der Waals surface area contributed by atoms with Crippen LogP contribution in [-0.2, 0) is 14.8 Å². The van der Waals surface area contributed by atoms with Crippen LogP contribution in [0, 0.1) is 5.92 Å². The molecule has 3 aromatic rings. The minimum atomic E-state index is -3.84. The molecule has 2 unspecified atom stereocenters. The first kappa shape index (κ1) is 26.3. The molecule has 7 nitrogen and oxygen atoms in total. The molecule has 11 heteroatoms. The molecule has 2 aliphatic rings. The van der Waals surface area contributed by atoms with Crippen molar-refractivity contribution in [1.29, 1.82) is 0 Å². The number of amides is 1. The summed E-state index contributed by atoms with van der Waals surface area (Å²) in [7, 11) is -2.19. The number of hydrogen-bond donors (Lipinski definition) is 0. The van der Waals surface area contributed by atoms with Crippen molar-refractivity contribution in [1.82, 2.24) is 9.21 Å². The molecule has 0 radical (unpaired) electrons. The van der Waals surface area contributed by atoms with Gasteiger partial charge in [-0.25, -0.2) is 8.42 Å². The fourth-order valence-corrected chi connectivity index (χ4v) is 8.57. The van der Waals surface area contributed by atoms with Crippen LogP contribution in [0.3, 0.4) is 0 Å². The molecule has 1 aromatic heterocycles. The number of carbonyl (C=O) groups excluding carboxylic acids is 1. The SMILES string of the molecule is COc1ccc(N2CCN(C(=O)C3CN(S(=O)(=O)c4cc(Cl)c(Cl)s4)CC3c3ccccc3)CC2)cc1. The van der Waals surface area contributed by atoms with Gasteiger partial charge in [-0.05, 0) is 35.9 Å². The topological polar surface area (TPSA) is 70.2 Å². The van der Waals surface area contributed by atoms with Crippen LogP contribution in [0.25, 0.3) is 0 Å². The third-order valence-corrected chi connectivity index (χ3v) is 11.2. The normalized spacial score (nSPS) is 20.8. The molecule has 0 bridgehead atoms. The Kier molecular flexibility index (Phi) is 7.70. The summed E-state index contributed by atoms with van der Waals surface area (Å²) in [5.74, 6) is 0.0742. The van der Waals surface area contributed by atoms with Gasteiger partial charge in [0.2, 0.25) is 5.91 Å². The number of rotatable bonds is 6. The lowest BCUT2D eigenvalue weighted by atomic mass is 9.88. The Morgan fingerprint density at radius 2 is 1.65 bits per heavy atom. The Morgan fingerprint density at radius 3 is 2.24 bits per heavy atom. The first-order valence-electron chi connectivity index (χ1n) is 12.0. The van der Waals surface area contributed by atoms with Gasteiger partial charge in [-0.3, -0.25) is 4.79 Å². The van der Waals surface area contributed by atoms with E-state index < -0.39 is 15.9 Å². The van der Waals surface area contributed by atoms with E-state index in [0.29, 0.717) is 26.2 Å². The van der Waals surface area contributed by atoms with Crippen LogP contribution in [0.4, 0.5) is 5.69 Å². The molecule has 2 atom stereocenters. The monoisotopic (exact) mass is 579 g/mol. The van der Waals surface area contributed by atoms with Gasteiger partial charge in [0.1, 0.15) is 14.3 Å². The smallest absolute Gasteiger partial charge is 0.252 e. The number of anilines is 1. The summed E-state index contributed by atoms with van der Waals surface area (Å²) in [6, 6.07) is 18.9. The van der Waals surface area contributed by atoms with Crippen LogP contribution in [-0.4, -0.2) is 69.9 Å². The molecular weight excluding hydrogens is 553 g/mol. The predicted molar refractivity (Wildman–Crippen MR) is 148 cm³/mol. The number of benzene rings is 2. The fraction of sp³-hybridized carbons (Fsp3) is 0.346. The van der Waals surface area contributed by atoms with E-state index in [1.165, 1.54) is 10.4 Å². The summed E-state index contributed by atoms with van der Waals surface area (Å²) in [5.41, 5.74) is 2.04. The molecule has 37 heavy (non-hydrogen) atoms. The second-order valence-electron chi connectivity index (χ2n) is 9.14. The molecule has 3 heterocycles. The average molecular weight is 581 g/mol. The van der Waals surface area contributed by atoms with E-state index in [9.17, 15) is 13.2 Å². The van der Waals surface area contributed by atoms with Gasteiger partial charge >= 0.3 is 0 Å². The zero-order valence-electron chi connectivity index (χ0n) is 20.2. The fourth-order valence-electron chi connectivity index (χ4n) is 5.05. The Bertz CT molecular complexity index is 1340. The highest BCUT2D eigenvalue weighted by Gasteiger charge is 2.45. The van der Waals surface area contributed by atoms with Crippen molar-refractivity contribution in [3.05, 3.63) is 75.6 Å². The first-order chi connectivity index (χ1) is 17.8. The zero-order chi connectivity index (χ0) is 26.2. The van der Waals surface area contributed by atoms with Crippen molar-refractivity contribution in [3.8, 4) is 5.75 Å². The Balaban J connectivity index is 1.34. The summed E-state index contributed by atoms with van der Waals surface area (Å²) in [6.07, 6.45) is 0. The number of carbonyl (C=O) groups is 1. The van der Waals surface area contributed by atoms with Gasteiger partial charge in [0.05, 0.1) is 18.1 Å². The molecule has 2 aromatic carbocycles. The van der Waals surface area contributed by atoms with Gasteiger partial charge < -0.3 is 14.5 Å². The molecule has 1 amide bonds. The minimum absolute atomic E-state index is 0.0109. The molecule has 196 valence electrons. The molecular formula is C26H27Cl2N3O4S2. The Hall–Kier alpha value is -2.30. The number of sulfonamides is 1. The summed E-state index contributed by atoms with van der Waals surface area (Å²) >= 11 is 13.0. The van der Waals surface area contributed by atoms with Crippen molar-refractivity contribution >= 4 is 56.2 Å². The number of nitrogens with zero attached hydrogens (tertiary/aromatic N) is 3. The van der Waals surface area contributed by atoms with Crippen molar-refractivity contribution in [2.45, 2.75) is 10.1 Å². The van der Waals surface area contributed by atoms with Gasteiger partial charge in [0.25, 0.3) is 10.0 Å². The highest BCUT2D eigenvalue weighted by molar-refractivity contribution is 7.91. The van der Waals surface area contributed by atoms with Crippen LogP contribution in [0.2, 0.25) is 9.36 Å². The number of ether oxygens (including phenoxy) is 1.